The number of benzene rings is 2. The largest absolute Gasteiger partial charge is 0.459 e. The number of morpholine rings is 1. The molecular formula is C32H33Cl2N3O5S. The smallest absolute Gasteiger partial charge is 0.338 e. The number of aromatic nitrogens is 2. The van der Waals surface area contributed by atoms with Crippen molar-refractivity contribution < 1.29 is 23.5 Å². The zero-order chi connectivity index (χ0) is 29.8. The van der Waals surface area contributed by atoms with E-state index in [9.17, 15) is 4.79 Å². The average Bonchev–Trinajstić information content (AvgIpc) is 3.57. The molecule has 2 aliphatic heterocycles. The number of halogens is 2. The van der Waals surface area contributed by atoms with Gasteiger partial charge in [0.05, 0.1) is 69.9 Å². The molecule has 1 saturated carbocycles. The second kappa shape index (κ2) is 11.7. The van der Waals surface area contributed by atoms with Crippen molar-refractivity contribution in [1.82, 2.24) is 10.1 Å². The molecule has 8 nitrogen and oxygen atoms in total. The lowest BCUT2D eigenvalue weighted by molar-refractivity contribution is -0.0394. The summed E-state index contributed by atoms with van der Waals surface area (Å²) >= 11 is 14.7. The summed E-state index contributed by atoms with van der Waals surface area (Å²) in [5.74, 6) is 0.940. The SMILES string of the molecule is Cc1cc(C(=O)OC(C)C)cc2sc(N3[C@@H]4COC[C@H]3CC(OCc3c(-c5c(Cl)cccc5Cl)noc3C3CC3)C4)nc12. The first-order chi connectivity index (χ1) is 20.8. The van der Waals surface area contributed by atoms with Crippen LogP contribution in [-0.4, -0.2) is 53.6 Å². The highest BCUT2D eigenvalue weighted by molar-refractivity contribution is 7.22. The van der Waals surface area contributed by atoms with Crippen molar-refractivity contribution in [3.63, 3.8) is 0 Å². The van der Waals surface area contributed by atoms with Gasteiger partial charge >= 0.3 is 5.97 Å². The minimum Gasteiger partial charge on any atom is -0.459 e. The number of rotatable bonds is 8. The second-order valence-electron chi connectivity index (χ2n) is 12.0. The van der Waals surface area contributed by atoms with E-state index in [2.05, 4.69) is 10.1 Å². The summed E-state index contributed by atoms with van der Waals surface area (Å²) in [4.78, 5) is 20.0. The first-order valence-corrected chi connectivity index (χ1v) is 16.4. The van der Waals surface area contributed by atoms with Crippen molar-refractivity contribution in [2.24, 2.45) is 0 Å². The Morgan fingerprint density at radius 1 is 1.14 bits per heavy atom. The van der Waals surface area contributed by atoms with Gasteiger partial charge in [0, 0.05) is 17.0 Å². The number of aryl methyl sites for hydroxylation is 1. The predicted molar refractivity (Wildman–Crippen MR) is 168 cm³/mol. The minimum absolute atomic E-state index is 0.0418. The molecule has 2 aromatic heterocycles. The van der Waals surface area contributed by atoms with Gasteiger partial charge in [0.1, 0.15) is 11.5 Å². The van der Waals surface area contributed by atoms with E-state index in [1.165, 1.54) is 0 Å². The number of esters is 1. The average molecular weight is 643 g/mol. The Morgan fingerprint density at radius 3 is 2.53 bits per heavy atom. The van der Waals surface area contributed by atoms with Crippen molar-refractivity contribution in [2.45, 2.75) is 83.3 Å². The Balaban J connectivity index is 1.11. The number of carbonyl (C=O) groups excluding carboxylic acids is 1. The van der Waals surface area contributed by atoms with Gasteiger partial charge in [-0.15, -0.1) is 0 Å². The summed E-state index contributed by atoms with van der Waals surface area (Å²) in [6.45, 7) is 7.30. The molecule has 11 heteroatoms. The van der Waals surface area contributed by atoms with E-state index >= 15 is 0 Å². The van der Waals surface area contributed by atoms with Gasteiger partial charge in [0.2, 0.25) is 0 Å². The first-order valence-electron chi connectivity index (χ1n) is 14.8. The molecular weight excluding hydrogens is 609 g/mol. The normalized spacial score (nSPS) is 22.0. The quantitative estimate of drug-likeness (QED) is 0.179. The molecule has 3 atom stereocenters. The van der Waals surface area contributed by atoms with Gasteiger partial charge in [-0.1, -0.05) is 45.8 Å². The van der Waals surface area contributed by atoms with Crippen molar-refractivity contribution in [2.75, 3.05) is 18.1 Å². The molecule has 0 radical (unpaired) electrons. The maximum absolute atomic E-state index is 12.6. The van der Waals surface area contributed by atoms with Gasteiger partial charge in [-0.05, 0) is 76.3 Å². The van der Waals surface area contributed by atoms with Crippen LogP contribution >= 0.6 is 34.5 Å². The molecule has 0 amide bonds. The van der Waals surface area contributed by atoms with E-state index in [0.717, 1.165) is 57.9 Å². The van der Waals surface area contributed by atoms with E-state index in [1.54, 1.807) is 11.3 Å². The topological polar surface area (TPSA) is 86.9 Å². The highest BCUT2D eigenvalue weighted by Gasteiger charge is 2.42. The molecule has 4 heterocycles. The maximum atomic E-state index is 12.6. The summed E-state index contributed by atoms with van der Waals surface area (Å²) in [6.07, 6.45) is 3.65. The summed E-state index contributed by atoms with van der Waals surface area (Å²) in [7, 11) is 0. The molecule has 43 heavy (non-hydrogen) atoms. The van der Waals surface area contributed by atoms with Crippen molar-refractivity contribution in [1.29, 1.82) is 0 Å². The highest BCUT2D eigenvalue weighted by atomic mass is 35.5. The van der Waals surface area contributed by atoms with Crippen LogP contribution in [0, 0.1) is 6.92 Å². The van der Waals surface area contributed by atoms with E-state index < -0.39 is 0 Å². The number of ether oxygens (including phenoxy) is 3. The number of hydrogen-bond acceptors (Lipinski definition) is 9. The third-order valence-corrected chi connectivity index (χ3v) is 10.0. The molecule has 1 unspecified atom stereocenters. The van der Waals surface area contributed by atoms with Gasteiger partial charge in [-0.3, -0.25) is 0 Å². The van der Waals surface area contributed by atoms with Crippen LogP contribution in [0.1, 0.15) is 72.7 Å². The molecule has 1 aliphatic carbocycles. The lowest BCUT2D eigenvalue weighted by atomic mass is 9.92. The Labute approximate surface area is 264 Å². The summed E-state index contributed by atoms with van der Waals surface area (Å²) in [6, 6.07) is 9.49. The lowest BCUT2D eigenvalue weighted by Crippen LogP contribution is -2.58. The van der Waals surface area contributed by atoms with Crippen LogP contribution in [0.15, 0.2) is 34.9 Å². The predicted octanol–water partition coefficient (Wildman–Crippen LogP) is 7.96. The molecule has 3 fully saturated rings. The molecule has 4 aromatic rings. The van der Waals surface area contributed by atoms with E-state index in [-0.39, 0.29) is 30.3 Å². The Bertz CT molecular complexity index is 1650. The fourth-order valence-corrected chi connectivity index (χ4v) is 8.06. The highest BCUT2D eigenvalue weighted by Crippen LogP contribution is 2.46. The van der Waals surface area contributed by atoms with Gasteiger partial charge in [-0.2, -0.15) is 0 Å². The van der Waals surface area contributed by atoms with Crippen LogP contribution in [0.25, 0.3) is 21.5 Å². The minimum atomic E-state index is -0.309. The fourth-order valence-electron chi connectivity index (χ4n) is 6.26. The Morgan fingerprint density at radius 2 is 1.86 bits per heavy atom. The van der Waals surface area contributed by atoms with Gasteiger partial charge in [0.25, 0.3) is 0 Å². The Hall–Kier alpha value is -2.69. The molecule has 226 valence electrons. The van der Waals surface area contributed by atoms with Crippen molar-refractivity contribution >= 4 is 55.9 Å². The summed E-state index contributed by atoms with van der Waals surface area (Å²) < 4.78 is 24.9. The van der Waals surface area contributed by atoms with Crippen LogP contribution in [0.5, 0.6) is 0 Å². The number of piperidine rings is 1. The van der Waals surface area contributed by atoms with E-state index in [0.29, 0.717) is 52.6 Å². The van der Waals surface area contributed by atoms with Crippen molar-refractivity contribution in [3.05, 3.63) is 62.8 Å². The van der Waals surface area contributed by atoms with Gasteiger partial charge < -0.3 is 23.6 Å². The molecule has 7 rings (SSSR count). The third kappa shape index (κ3) is 5.66. The van der Waals surface area contributed by atoms with E-state index in [4.69, 9.17) is 46.9 Å². The number of fused-ring (bicyclic) bond motifs is 3. The van der Waals surface area contributed by atoms with Gasteiger partial charge in [-0.25, -0.2) is 9.78 Å². The lowest BCUT2D eigenvalue weighted by Gasteiger charge is -2.48. The third-order valence-electron chi connectivity index (χ3n) is 8.38. The number of nitrogens with zero attached hydrogens (tertiary/aromatic N) is 3. The fraction of sp³-hybridized carbons (Fsp3) is 0.469. The van der Waals surface area contributed by atoms with Crippen LogP contribution in [0.2, 0.25) is 10.0 Å². The summed E-state index contributed by atoms with van der Waals surface area (Å²) in [5, 5.41) is 6.45. The van der Waals surface area contributed by atoms with Gasteiger partial charge in [0.15, 0.2) is 5.13 Å². The number of thiazole rings is 1. The van der Waals surface area contributed by atoms with Crippen LogP contribution in [-0.2, 0) is 20.8 Å². The monoisotopic (exact) mass is 641 g/mol. The summed E-state index contributed by atoms with van der Waals surface area (Å²) in [5.41, 5.74) is 4.73. The second-order valence-corrected chi connectivity index (χ2v) is 13.8. The van der Waals surface area contributed by atoms with Crippen molar-refractivity contribution in [3.8, 4) is 11.3 Å². The van der Waals surface area contributed by atoms with Crippen LogP contribution in [0.4, 0.5) is 5.13 Å². The molecule has 2 saturated heterocycles. The molecule has 0 spiro atoms. The van der Waals surface area contributed by atoms with E-state index in [1.807, 2.05) is 51.1 Å². The molecule has 0 N–H and O–H groups in total. The first kappa shape index (κ1) is 29.0. The maximum Gasteiger partial charge on any atom is 0.338 e. The molecule has 2 bridgehead atoms. The van der Waals surface area contributed by atoms with Crippen LogP contribution in [0.3, 0.4) is 0 Å². The molecule has 3 aliphatic rings. The Kier molecular flexibility index (Phi) is 7.88. The number of hydrogen-bond donors (Lipinski definition) is 0. The number of carbonyl (C=O) groups is 1. The molecule has 2 aromatic carbocycles. The number of anilines is 1. The zero-order valence-electron chi connectivity index (χ0n) is 24.3. The van der Waals surface area contributed by atoms with Crippen LogP contribution < -0.4 is 4.90 Å². The zero-order valence-corrected chi connectivity index (χ0v) is 26.6. The standard InChI is InChI=1S/C32H33Cl2N3O5S/c1-16(2)41-31(38)19-9-17(3)28-26(10-19)43-32(35-28)37-20-11-22(12-21(37)14-39-13-20)40-15-23-29(36-42-30(23)18-7-8-18)27-24(33)5-4-6-25(27)34/h4-6,9-10,16,18,20-22H,7-8,11-15H2,1-3H3/t20-,21+,22?.